The lowest BCUT2D eigenvalue weighted by atomic mass is 9.94. The summed E-state index contributed by atoms with van der Waals surface area (Å²) in [6.45, 7) is 5.55. The van der Waals surface area contributed by atoms with E-state index < -0.39 is 0 Å². The van der Waals surface area contributed by atoms with Gasteiger partial charge in [-0.2, -0.15) is 0 Å². The summed E-state index contributed by atoms with van der Waals surface area (Å²) in [5, 5.41) is 2.95. The zero-order valence-electron chi connectivity index (χ0n) is 11.9. The average Bonchev–Trinajstić information content (AvgIpc) is 2.38. The maximum absolute atomic E-state index is 11.8. The molecule has 0 aliphatic heterocycles. The Labute approximate surface area is 115 Å². The van der Waals surface area contributed by atoms with Gasteiger partial charge in [0.2, 0.25) is 5.91 Å². The lowest BCUT2D eigenvalue weighted by Gasteiger charge is -2.16. The monoisotopic (exact) mass is 263 g/mol. The van der Waals surface area contributed by atoms with Crippen LogP contribution in [0, 0.1) is 11.8 Å². The van der Waals surface area contributed by atoms with Crippen LogP contribution in [-0.2, 0) is 11.2 Å². The van der Waals surface area contributed by atoms with E-state index in [0.717, 1.165) is 18.4 Å². The Morgan fingerprint density at radius 2 is 2.26 bits per heavy atom. The maximum Gasteiger partial charge on any atom is 0.220 e. The third-order valence-corrected chi connectivity index (χ3v) is 3.07. The second-order valence-electron chi connectivity index (χ2n) is 5.40. The Morgan fingerprint density at radius 3 is 2.84 bits per heavy atom. The minimum Gasteiger partial charge on any atom is -0.356 e. The topological polar surface area (TPSA) is 68.0 Å². The number of amides is 1. The highest BCUT2D eigenvalue weighted by molar-refractivity contribution is 5.76. The van der Waals surface area contributed by atoms with Crippen molar-refractivity contribution in [3.63, 3.8) is 0 Å². The maximum atomic E-state index is 11.8. The summed E-state index contributed by atoms with van der Waals surface area (Å²) in [6.07, 6.45) is 5.93. The summed E-state index contributed by atoms with van der Waals surface area (Å²) >= 11 is 0. The molecule has 4 heteroatoms. The first-order chi connectivity index (χ1) is 9.11. The van der Waals surface area contributed by atoms with Crippen molar-refractivity contribution in [1.29, 1.82) is 0 Å². The summed E-state index contributed by atoms with van der Waals surface area (Å²) < 4.78 is 0. The molecule has 1 amide bonds. The molecule has 4 nitrogen and oxygen atoms in total. The zero-order chi connectivity index (χ0) is 14.1. The number of nitrogens with one attached hydrogen (secondary N) is 1. The Morgan fingerprint density at radius 1 is 1.47 bits per heavy atom. The molecule has 1 atom stereocenters. The van der Waals surface area contributed by atoms with Crippen LogP contribution < -0.4 is 11.1 Å². The molecule has 3 N–H and O–H groups in total. The molecule has 0 radical (unpaired) electrons. The number of aromatic nitrogens is 1. The normalized spacial score (nSPS) is 12.4. The van der Waals surface area contributed by atoms with Crippen LogP contribution in [0.25, 0.3) is 0 Å². The van der Waals surface area contributed by atoms with Crippen molar-refractivity contribution in [1.82, 2.24) is 10.3 Å². The van der Waals surface area contributed by atoms with Crippen LogP contribution >= 0.6 is 0 Å². The molecule has 0 unspecified atom stereocenters. The first-order valence-electron chi connectivity index (χ1n) is 6.97. The van der Waals surface area contributed by atoms with Gasteiger partial charge in [0.25, 0.3) is 0 Å². The summed E-state index contributed by atoms with van der Waals surface area (Å²) in [6, 6.07) is 3.92. The van der Waals surface area contributed by atoms with Gasteiger partial charge >= 0.3 is 0 Å². The van der Waals surface area contributed by atoms with Gasteiger partial charge in [0.05, 0.1) is 0 Å². The predicted octanol–water partition coefficient (Wildman–Crippen LogP) is 1.75. The Kier molecular flexibility index (Phi) is 7.11. The van der Waals surface area contributed by atoms with Crippen molar-refractivity contribution >= 4 is 5.91 Å². The van der Waals surface area contributed by atoms with Crippen molar-refractivity contribution in [3.8, 4) is 0 Å². The molecule has 1 heterocycles. The number of carbonyl (C=O) groups excluding carboxylic acids is 1. The third kappa shape index (κ3) is 6.91. The van der Waals surface area contributed by atoms with Gasteiger partial charge < -0.3 is 11.1 Å². The molecular weight excluding hydrogens is 238 g/mol. The molecule has 0 aliphatic rings. The Balaban J connectivity index is 2.23. The second kappa shape index (κ2) is 8.64. The molecule has 1 rings (SSSR count). The van der Waals surface area contributed by atoms with Crippen molar-refractivity contribution in [2.75, 3.05) is 13.1 Å². The molecule has 0 saturated heterocycles. The number of hydrogen-bond acceptors (Lipinski definition) is 3. The third-order valence-electron chi connectivity index (χ3n) is 3.07. The van der Waals surface area contributed by atoms with Gasteiger partial charge in [-0.25, -0.2) is 0 Å². The SMILES string of the molecule is CC(C)C[C@H](CN)CC(=O)NCCc1cccnc1. The van der Waals surface area contributed by atoms with Crippen LogP contribution in [0.5, 0.6) is 0 Å². The highest BCUT2D eigenvalue weighted by Crippen LogP contribution is 2.13. The highest BCUT2D eigenvalue weighted by Gasteiger charge is 2.13. The van der Waals surface area contributed by atoms with Crippen molar-refractivity contribution in [2.24, 2.45) is 17.6 Å². The van der Waals surface area contributed by atoms with E-state index in [9.17, 15) is 4.79 Å². The van der Waals surface area contributed by atoms with Crippen LogP contribution in [0.3, 0.4) is 0 Å². The number of pyridine rings is 1. The first kappa shape index (κ1) is 15.6. The van der Waals surface area contributed by atoms with Crippen LogP contribution in [0.2, 0.25) is 0 Å². The highest BCUT2D eigenvalue weighted by atomic mass is 16.1. The van der Waals surface area contributed by atoms with Crippen LogP contribution in [0.1, 0.15) is 32.3 Å². The second-order valence-corrected chi connectivity index (χ2v) is 5.40. The number of nitrogens with zero attached hydrogens (tertiary/aromatic N) is 1. The number of nitrogens with two attached hydrogens (primary N) is 1. The van der Waals surface area contributed by atoms with Gasteiger partial charge in [-0.05, 0) is 42.9 Å². The van der Waals surface area contributed by atoms with Crippen molar-refractivity contribution < 1.29 is 4.79 Å². The molecule has 0 aliphatic carbocycles. The lowest BCUT2D eigenvalue weighted by molar-refractivity contribution is -0.122. The minimum absolute atomic E-state index is 0.0972. The predicted molar refractivity (Wildman–Crippen MR) is 77.6 cm³/mol. The summed E-state index contributed by atoms with van der Waals surface area (Å²) in [4.78, 5) is 15.8. The molecule has 1 aromatic heterocycles. The van der Waals surface area contributed by atoms with Crippen LogP contribution in [-0.4, -0.2) is 24.0 Å². The largest absolute Gasteiger partial charge is 0.356 e. The molecular formula is C15H25N3O. The van der Waals surface area contributed by atoms with E-state index in [1.165, 1.54) is 0 Å². The molecule has 0 spiro atoms. The Bertz CT molecular complexity index is 365. The van der Waals surface area contributed by atoms with Crippen LogP contribution in [0.4, 0.5) is 0 Å². The van der Waals surface area contributed by atoms with Crippen molar-refractivity contribution in [3.05, 3.63) is 30.1 Å². The smallest absolute Gasteiger partial charge is 0.220 e. The summed E-state index contributed by atoms with van der Waals surface area (Å²) in [5.41, 5.74) is 6.84. The van der Waals surface area contributed by atoms with Crippen molar-refractivity contribution in [2.45, 2.75) is 33.1 Å². The quantitative estimate of drug-likeness (QED) is 0.751. The number of hydrogen-bond donors (Lipinski definition) is 2. The minimum atomic E-state index is 0.0972. The summed E-state index contributed by atoms with van der Waals surface area (Å²) in [7, 11) is 0. The molecule has 0 aromatic carbocycles. The molecule has 19 heavy (non-hydrogen) atoms. The van der Waals surface area contributed by atoms with E-state index in [0.29, 0.717) is 31.3 Å². The van der Waals surface area contributed by atoms with E-state index in [-0.39, 0.29) is 5.91 Å². The average molecular weight is 263 g/mol. The molecule has 106 valence electrons. The fraction of sp³-hybridized carbons (Fsp3) is 0.600. The standard InChI is InChI=1S/C15H25N3O/c1-12(2)8-14(10-16)9-15(19)18-7-5-13-4-3-6-17-11-13/h3-4,6,11-12,14H,5,7-10,16H2,1-2H3,(H,18,19)/t14-/m0/s1. The van der Waals surface area contributed by atoms with E-state index >= 15 is 0 Å². The fourth-order valence-corrected chi connectivity index (χ4v) is 2.16. The van der Waals surface area contributed by atoms with Crippen LogP contribution in [0.15, 0.2) is 24.5 Å². The number of carbonyl (C=O) groups is 1. The van der Waals surface area contributed by atoms with Gasteiger partial charge in [-0.15, -0.1) is 0 Å². The van der Waals surface area contributed by atoms with Gasteiger partial charge in [0.15, 0.2) is 0 Å². The number of rotatable bonds is 8. The van der Waals surface area contributed by atoms with Gasteiger partial charge in [-0.3, -0.25) is 9.78 Å². The molecule has 0 saturated carbocycles. The molecule has 1 aromatic rings. The Hall–Kier alpha value is -1.42. The van der Waals surface area contributed by atoms with Gasteiger partial charge in [-0.1, -0.05) is 19.9 Å². The molecule has 0 fully saturated rings. The summed E-state index contributed by atoms with van der Waals surface area (Å²) in [5.74, 6) is 0.968. The fourth-order valence-electron chi connectivity index (χ4n) is 2.16. The zero-order valence-corrected chi connectivity index (χ0v) is 11.9. The molecule has 0 bridgehead atoms. The van der Waals surface area contributed by atoms with E-state index in [4.69, 9.17) is 5.73 Å². The van der Waals surface area contributed by atoms with Gasteiger partial charge in [0, 0.05) is 25.4 Å². The lowest BCUT2D eigenvalue weighted by Crippen LogP contribution is -2.30. The van der Waals surface area contributed by atoms with E-state index in [2.05, 4.69) is 24.1 Å². The van der Waals surface area contributed by atoms with E-state index in [1.807, 2.05) is 18.3 Å². The van der Waals surface area contributed by atoms with E-state index in [1.54, 1.807) is 6.20 Å². The van der Waals surface area contributed by atoms with Gasteiger partial charge in [0.1, 0.15) is 0 Å². The first-order valence-corrected chi connectivity index (χ1v) is 6.97.